The lowest BCUT2D eigenvalue weighted by Gasteiger charge is -2.03. The van der Waals surface area contributed by atoms with Crippen LogP contribution >= 0.6 is 33.9 Å². The summed E-state index contributed by atoms with van der Waals surface area (Å²) in [6, 6.07) is 0. The fourth-order valence-electron chi connectivity index (χ4n) is 0.929. The molecule has 0 atom stereocenters. The smallest absolute Gasteiger partial charge is 0.362 e. The molecule has 0 saturated carbocycles. The predicted molar refractivity (Wildman–Crippen MR) is 74.5 cm³/mol. The van der Waals surface area contributed by atoms with Crippen molar-refractivity contribution in [1.82, 2.24) is 4.98 Å². The molecule has 94 valence electrons. The number of carbonyl (C=O) groups excluding carboxylic acids is 1. The van der Waals surface area contributed by atoms with Gasteiger partial charge in [-0.25, -0.2) is 9.78 Å². The van der Waals surface area contributed by atoms with Crippen molar-refractivity contribution in [3.05, 3.63) is 11.1 Å². The zero-order valence-corrected chi connectivity index (χ0v) is 12.2. The lowest BCUT2D eigenvalue weighted by molar-refractivity contribution is -0.135. The van der Waals surface area contributed by atoms with E-state index < -0.39 is 5.97 Å². The van der Waals surface area contributed by atoms with Gasteiger partial charge in [0.15, 0.2) is 5.13 Å². The van der Waals surface area contributed by atoms with E-state index in [-0.39, 0.29) is 12.3 Å². The number of rotatable bonds is 6. The van der Waals surface area contributed by atoms with Crippen molar-refractivity contribution in [1.29, 1.82) is 0 Å². The van der Waals surface area contributed by atoms with E-state index in [0.29, 0.717) is 17.4 Å². The lowest BCUT2D eigenvalue weighted by atomic mass is 10.3. The summed E-state index contributed by atoms with van der Waals surface area (Å²) in [4.78, 5) is 20.6. The van der Waals surface area contributed by atoms with Gasteiger partial charge in [-0.05, 0) is 6.92 Å². The lowest BCUT2D eigenvalue weighted by Crippen LogP contribution is -2.20. The van der Waals surface area contributed by atoms with E-state index in [4.69, 9.17) is 15.3 Å². The Kier molecular flexibility index (Phi) is 6.19. The molecule has 0 aliphatic rings. The number of ether oxygens (including phenoxy) is 1. The second kappa shape index (κ2) is 7.43. The third kappa shape index (κ3) is 4.46. The van der Waals surface area contributed by atoms with Crippen LogP contribution in [-0.4, -0.2) is 34.3 Å². The van der Waals surface area contributed by atoms with Crippen molar-refractivity contribution in [2.75, 3.05) is 23.4 Å². The standard InChI is InChI=1S/C9H12IN3O3S/c1-2-15-8(14)7(13-16-4-3-10)6-5-17-9(11)12-6/h5H,2-4H2,1H3,(H2,11,12). The zero-order chi connectivity index (χ0) is 12.7. The Hall–Kier alpha value is -0.900. The molecule has 0 spiro atoms. The molecule has 0 bridgehead atoms. The molecule has 0 saturated heterocycles. The Bertz CT molecular complexity index is 408. The summed E-state index contributed by atoms with van der Waals surface area (Å²) < 4.78 is 5.64. The van der Waals surface area contributed by atoms with E-state index >= 15 is 0 Å². The van der Waals surface area contributed by atoms with Crippen LogP contribution in [-0.2, 0) is 14.4 Å². The maximum Gasteiger partial charge on any atom is 0.362 e. The van der Waals surface area contributed by atoms with Gasteiger partial charge in [0.25, 0.3) is 0 Å². The van der Waals surface area contributed by atoms with Crippen LogP contribution in [0.3, 0.4) is 0 Å². The van der Waals surface area contributed by atoms with E-state index in [0.717, 1.165) is 4.43 Å². The molecule has 1 aromatic rings. The summed E-state index contributed by atoms with van der Waals surface area (Å²) >= 11 is 3.37. The molecule has 1 heterocycles. The van der Waals surface area contributed by atoms with Crippen LogP contribution in [0.15, 0.2) is 10.5 Å². The van der Waals surface area contributed by atoms with Crippen molar-refractivity contribution in [3.63, 3.8) is 0 Å². The van der Waals surface area contributed by atoms with Gasteiger partial charge >= 0.3 is 5.97 Å². The number of esters is 1. The second-order valence-electron chi connectivity index (χ2n) is 2.75. The summed E-state index contributed by atoms with van der Waals surface area (Å²) in [5.41, 5.74) is 5.92. The molecule has 6 nitrogen and oxygen atoms in total. The summed E-state index contributed by atoms with van der Waals surface area (Å²) in [5, 5.41) is 5.75. The third-order valence-corrected chi connectivity index (χ3v) is 2.67. The van der Waals surface area contributed by atoms with Gasteiger partial charge in [0.1, 0.15) is 12.3 Å². The summed E-state index contributed by atoms with van der Waals surface area (Å²) in [5.74, 6) is -0.564. The molecule has 0 aliphatic carbocycles. The molecule has 0 radical (unpaired) electrons. The topological polar surface area (TPSA) is 86.8 Å². The normalized spacial score (nSPS) is 11.3. The van der Waals surface area contributed by atoms with Gasteiger partial charge in [-0.3, -0.25) is 0 Å². The SMILES string of the molecule is CCOC(=O)C(=NOCCI)c1csc(N)n1. The number of thiazole rings is 1. The Morgan fingerprint density at radius 3 is 3.00 bits per heavy atom. The fourth-order valence-corrected chi connectivity index (χ4v) is 1.67. The highest BCUT2D eigenvalue weighted by Crippen LogP contribution is 2.13. The quantitative estimate of drug-likeness (QED) is 0.205. The first-order valence-electron chi connectivity index (χ1n) is 4.83. The molecule has 1 rings (SSSR count). The number of halogens is 1. The number of nitrogens with zero attached hydrogens (tertiary/aromatic N) is 2. The Morgan fingerprint density at radius 1 is 1.71 bits per heavy atom. The van der Waals surface area contributed by atoms with Gasteiger partial charge in [-0.15, -0.1) is 11.3 Å². The highest BCUT2D eigenvalue weighted by Gasteiger charge is 2.19. The van der Waals surface area contributed by atoms with Crippen LogP contribution in [0.2, 0.25) is 0 Å². The van der Waals surface area contributed by atoms with Crippen molar-refractivity contribution in [2.45, 2.75) is 6.92 Å². The van der Waals surface area contributed by atoms with Crippen LogP contribution in [0.4, 0.5) is 5.13 Å². The average Bonchev–Trinajstić information content (AvgIpc) is 2.71. The number of hydrogen-bond donors (Lipinski definition) is 1. The first-order chi connectivity index (χ1) is 8.19. The summed E-state index contributed by atoms with van der Waals surface area (Å²) in [7, 11) is 0. The van der Waals surface area contributed by atoms with E-state index in [1.54, 1.807) is 12.3 Å². The number of aromatic nitrogens is 1. The highest BCUT2D eigenvalue weighted by molar-refractivity contribution is 14.1. The van der Waals surface area contributed by atoms with E-state index in [2.05, 4.69) is 32.7 Å². The first-order valence-corrected chi connectivity index (χ1v) is 7.24. The molecule has 8 heteroatoms. The Labute approximate surface area is 116 Å². The molecule has 2 N–H and O–H groups in total. The molecular weight excluding hydrogens is 357 g/mol. The molecule has 0 fully saturated rings. The zero-order valence-electron chi connectivity index (χ0n) is 9.18. The number of nitrogen functional groups attached to an aromatic ring is 1. The van der Waals surface area contributed by atoms with Gasteiger partial charge in [0.05, 0.1) is 6.61 Å². The number of anilines is 1. The van der Waals surface area contributed by atoms with Gasteiger partial charge in [-0.2, -0.15) is 0 Å². The first kappa shape index (κ1) is 14.2. The fraction of sp³-hybridized carbons (Fsp3) is 0.444. The van der Waals surface area contributed by atoms with Crippen molar-refractivity contribution in [3.8, 4) is 0 Å². The summed E-state index contributed by atoms with van der Waals surface area (Å²) in [6.07, 6.45) is 0. The van der Waals surface area contributed by atoms with E-state index in [1.165, 1.54) is 11.3 Å². The minimum Gasteiger partial charge on any atom is -0.461 e. The van der Waals surface area contributed by atoms with Crippen LogP contribution in [0.25, 0.3) is 0 Å². The van der Waals surface area contributed by atoms with Gasteiger partial charge in [0.2, 0.25) is 5.71 Å². The molecule has 0 unspecified atom stereocenters. The number of nitrogens with two attached hydrogens (primary N) is 1. The highest BCUT2D eigenvalue weighted by atomic mass is 127. The van der Waals surface area contributed by atoms with Crippen molar-refractivity contribution >= 4 is 50.7 Å². The monoisotopic (exact) mass is 369 g/mol. The Morgan fingerprint density at radius 2 is 2.47 bits per heavy atom. The minimum atomic E-state index is -0.564. The minimum absolute atomic E-state index is 0.0460. The Balaban J connectivity index is 2.86. The van der Waals surface area contributed by atoms with Crippen LogP contribution < -0.4 is 5.73 Å². The molecule has 1 aromatic heterocycles. The third-order valence-electron chi connectivity index (χ3n) is 1.56. The van der Waals surface area contributed by atoms with E-state index in [1.807, 2.05) is 0 Å². The predicted octanol–water partition coefficient (Wildman–Crippen LogP) is 1.44. The van der Waals surface area contributed by atoms with Crippen molar-refractivity contribution < 1.29 is 14.4 Å². The van der Waals surface area contributed by atoms with E-state index in [9.17, 15) is 4.79 Å². The maximum absolute atomic E-state index is 11.6. The van der Waals surface area contributed by atoms with Crippen molar-refractivity contribution in [2.24, 2.45) is 5.16 Å². The number of hydrogen-bond acceptors (Lipinski definition) is 7. The van der Waals surface area contributed by atoms with Gasteiger partial charge < -0.3 is 15.3 Å². The van der Waals surface area contributed by atoms with Gasteiger partial charge in [-0.1, -0.05) is 27.7 Å². The second-order valence-corrected chi connectivity index (χ2v) is 4.72. The van der Waals surface area contributed by atoms with Crippen LogP contribution in [0.1, 0.15) is 12.6 Å². The number of alkyl halides is 1. The van der Waals surface area contributed by atoms with Gasteiger partial charge in [0, 0.05) is 9.81 Å². The van der Waals surface area contributed by atoms with Crippen LogP contribution in [0.5, 0.6) is 0 Å². The molecule has 0 aliphatic heterocycles. The molecule has 0 amide bonds. The molecule has 17 heavy (non-hydrogen) atoms. The summed E-state index contributed by atoms with van der Waals surface area (Å²) in [6.45, 7) is 2.41. The molecular formula is C9H12IN3O3S. The number of oxime groups is 1. The van der Waals surface area contributed by atoms with Crippen LogP contribution in [0, 0.1) is 0 Å². The average molecular weight is 369 g/mol. The number of carbonyl (C=O) groups is 1. The maximum atomic E-state index is 11.6. The largest absolute Gasteiger partial charge is 0.461 e. The molecule has 0 aromatic carbocycles.